The molecule has 1 rings (SSSR count). The maximum atomic E-state index is 11.6. The lowest BCUT2D eigenvalue weighted by Crippen LogP contribution is -2.08. The molecule has 0 heterocycles. The molecule has 78 valence electrons. The fourth-order valence-corrected chi connectivity index (χ4v) is 1.53. The van der Waals surface area contributed by atoms with E-state index in [0.29, 0.717) is 11.1 Å². The van der Waals surface area contributed by atoms with Gasteiger partial charge < -0.3 is 0 Å². The zero-order chi connectivity index (χ0) is 11.6. The molecular formula is C13H14O2. The van der Waals surface area contributed by atoms with Crippen molar-refractivity contribution in [2.45, 2.75) is 20.8 Å². The van der Waals surface area contributed by atoms with Crippen LogP contribution in [0.25, 0.3) is 0 Å². The van der Waals surface area contributed by atoms with Crippen LogP contribution in [0.3, 0.4) is 0 Å². The van der Waals surface area contributed by atoms with Crippen molar-refractivity contribution in [2.75, 3.05) is 0 Å². The molecule has 2 nitrogen and oxygen atoms in total. The number of rotatable bonds is 3. The Bertz CT molecular complexity index is 442. The summed E-state index contributed by atoms with van der Waals surface area (Å²) in [5.74, 6) is -0.287. The van der Waals surface area contributed by atoms with E-state index in [1.54, 1.807) is 6.07 Å². The van der Waals surface area contributed by atoms with Crippen molar-refractivity contribution in [1.82, 2.24) is 0 Å². The quantitative estimate of drug-likeness (QED) is 0.558. The summed E-state index contributed by atoms with van der Waals surface area (Å²) in [4.78, 5) is 23.0. The molecule has 0 aromatic heterocycles. The van der Waals surface area contributed by atoms with Gasteiger partial charge in [-0.2, -0.15) is 0 Å². The number of Topliss-reactive ketones (excluding diaryl/α,β-unsaturated/α-hetero) is 1. The fourth-order valence-electron chi connectivity index (χ4n) is 1.53. The minimum atomic E-state index is -0.193. The summed E-state index contributed by atoms with van der Waals surface area (Å²) in [5, 5.41) is 0. The standard InChI is InChI=1S/C13H14O2/c1-5-12(15)13-9(3)8(2)6-7-11(13)10(4)14/h5-7H,1H2,2-4H3. The van der Waals surface area contributed by atoms with E-state index in [4.69, 9.17) is 0 Å². The molecule has 0 spiro atoms. The zero-order valence-corrected chi connectivity index (χ0v) is 9.26. The third-order valence-corrected chi connectivity index (χ3v) is 2.55. The lowest BCUT2D eigenvalue weighted by atomic mass is 9.93. The number of hydrogen-bond donors (Lipinski definition) is 0. The minimum absolute atomic E-state index is 0.0942. The van der Waals surface area contributed by atoms with Crippen LogP contribution in [0.4, 0.5) is 0 Å². The predicted octanol–water partition coefficient (Wildman–Crippen LogP) is 2.87. The highest BCUT2D eigenvalue weighted by atomic mass is 16.1. The smallest absolute Gasteiger partial charge is 0.186 e. The summed E-state index contributed by atoms with van der Waals surface area (Å²) in [5.41, 5.74) is 2.82. The van der Waals surface area contributed by atoms with Crippen LogP contribution in [-0.4, -0.2) is 11.6 Å². The van der Waals surface area contributed by atoms with Crippen molar-refractivity contribution in [1.29, 1.82) is 0 Å². The highest BCUT2D eigenvalue weighted by molar-refractivity contribution is 6.13. The number of allylic oxidation sites excluding steroid dienone is 1. The van der Waals surface area contributed by atoms with Crippen LogP contribution >= 0.6 is 0 Å². The Balaban J connectivity index is 3.55. The number of carbonyl (C=O) groups excluding carboxylic acids is 2. The maximum Gasteiger partial charge on any atom is 0.186 e. The van der Waals surface area contributed by atoms with Crippen LogP contribution < -0.4 is 0 Å². The van der Waals surface area contributed by atoms with Gasteiger partial charge in [0, 0.05) is 11.1 Å². The second kappa shape index (κ2) is 4.22. The number of aryl methyl sites for hydroxylation is 1. The molecule has 0 fully saturated rings. The topological polar surface area (TPSA) is 34.1 Å². The van der Waals surface area contributed by atoms with Crippen LogP contribution in [0.15, 0.2) is 24.8 Å². The van der Waals surface area contributed by atoms with Gasteiger partial charge in [-0.3, -0.25) is 9.59 Å². The maximum absolute atomic E-state index is 11.6. The molecule has 15 heavy (non-hydrogen) atoms. The molecule has 1 aromatic rings. The fraction of sp³-hybridized carbons (Fsp3) is 0.231. The van der Waals surface area contributed by atoms with E-state index in [9.17, 15) is 9.59 Å². The summed E-state index contributed by atoms with van der Waals surface area (Å²) in [6, 6.07) is 3.55. The van der Waals surface area contributed by atoms with Gasteiger partial charge in [0.2, 0.25) is 0 Å². The summed E-state index contributed by atoms with van der Waals surface area (Å²) in [6.45, 7) is 8.67. The van der Waals surface area contributed by atoms with Crippen molar-refractivity contribution in [3.05, 3.63) is 47.0 Å². The van der Waals surface area contributed by atoms with E-state index in [1.807, 2.05) is 19.9 Å². The van der Waals surface area contributed by atoms with E-state index in [0.717, 1.165) is 11.1 Å². The van der Waals surface area contributed by atoms with Crippen molar-refractivity contribution in [3.8, 4) is 0 Å². The van der Waals surface area contributed by atoms with Crippen LogP contribution in [0.2, 0.25) is 0 Å². The highest BCUT2D eigenvalue weighted by Crippen LogP contribution is 2.19. The molecule has 2 heteroatoms. The predicted molar refractivity (Wildman–Crippen MR) is 60.4 cm³/mol. The summed E-state index contributed by atoms with van der Waals surface area (Å²) in [6.07, 6.45) is 1.24. The van der Waals surface area contributed by atoms with Gasteiger partial charge >= 0.3 is 0 Å². The molecule has 0 saturated carbocycles. The molecular weight excluding hydrogens is 188 g/mol. The Morgan fingerprint density at radius 2 is 1.87 bits per heavy atom. The Morgan fingerprint density at radius 3 is 2.33 bits per heavy atom. The lowest BCUT2D eigenvalue weighted by molar-refractivity contribution is 0.0992. The second-order valence-corrected chi connectivity index (χ2v) is 3.55. The van der Waals surface area contributed by atoms with E-state index in [2.05, 4.69) is 6.58 Å². The first kappa shape index (κ1) is 11.4. The molecule has 0 saturated heterocycles. The van der Waals surface area contributed by atoms with Crippen LogP contribution in [-0.2, 0) is 0 Å². The van der Waals surface area contributed by atoms with E-state index in [1.165, 1.54) is 13.0 Å². The Hall–Kier alpha value is -1.70. The number of carbonyl (C=O) groups is 2. The third kappa shape index (κ3) is 2.04. The summed E-state index contributed by atoms with van der Waals surface area (Å²) in [7, 11) is 0. The largest absolute Gasteiger partial charge is 0.294 e. The van der Waals surface area contributed by atoms with Gasteiger partial charge in [0.05, 0.1) is 0 Å². The third-order valence-electron chi connectivity index (χ3n) is 2.55. The first-order chi connectivity index (χ1) is 6.99. The van der Waals surface area contributed by atoms with Crippen molar-refractivity contribution < 1.29 is 9.59 Å². The average molecular weight is 202 g/mol. The Kier molecular flexibility index (Phi) is 3.20. The number of ketones is 2. The minimum Gasteiger partial charge on any atom is -0.294 e. The molecule has 0 radical (unpaired) electrons. The monoisotopic (exact) mass is 202 g/mol. The SMILES string of the molecule is C=CC(=O)c1c(C(C)=O)ccc(C)c1C. The Morgan fingerprint density at radius 1 is 1.27 bits per heavy atom. The molecule has 0 amide bonds. The van der Waals surface area contributed by atoms with Crippen LogP contribution in [0, 0.1) is 13.8 Å². The van der Waals surface area contributed by atoms with E-state index in [-0.39, 0.29) is 11.6 Å². The van der Waals surface area contributed by atoms with Gasteiger partial charge in [-0.05, 0) is 38.0 Å². The van der Waals surface area contributed by atoms with Crippen molar-refractivity contribution >= 4 is 11.6 Å². The van der Waals surface area contributed by atoms with Gasteiger partial charge in [-0.15, -0.1) is 0 Å². The molecule has 0 aliphatic heterocycles. The van der Waals surface area contributed by atoms with Gasteiger partial charge in [0.1, 0.15) is 0 Å². The lowest BCUT2D eigenvalue weighted by Gasteiger charge is -2.10. The normalized spacial score (nSPS) is 9.80. The molecule has 0 aliphatic carbocycles. The molecule has 0 atom stereocenters. The second-order valence-electron chi connectivity index (χ2n) is 3.55. The molecule has 1 aromatic carbocycles. The number of hydrogen-bond acceptors (Lipinski definition) is 2. The van der Waals surface area contributed by atoms with Crippen molar-refractivity contribution in [3.63, 3.8) is 0 Å². The summed E-state index contributed by atoms with van der Waals surface area (Å²) >= 11 is 0. The van der Waals surface area contributed by atoms with Crippen molar-refractivity contribution in [2.24, 2.45) is 0 Å². The van der Waals surface area contributed by atoms with Crippen LogP contribution in [0.5, 0.6) is 0 Å². The Labute approximate surface area is 89.6 Å². The van der Waals surface area contributed by atoms with Crippen LogP contribution in [0.1, 0.15) is 38.8 Å². The van der Waals surface area contributed by atoms with E-state index < -0.39 is 0 Å². The molecule has 0 N–H and O–H groups in total. The molecule has 0 aliphatic rings. The van der Waals surface area contributed by atoms with E-state index >= 15 is 0 Å². The van der Waals surface area contributed by atoms with Gasteiger partial charge in [-0.1, -0.05) is 18.7 Å². The van der Waals surface area contributed by atoms with Gasteiger partial charge in [0.25, 0.3) is 0 Å². The highest BCUT2D eigenvalue weighted by Gasteiger charge is 2.15. The summed E-state index contributed by atoms with van der Waals surface area (Å²) < 4.78 is 0. The first-order valence-electron chi connectivity index (χ1n) is 4.77. The molecule has 0 unspecified atom stereocenters. The first-order valence-corrected chi connectivity index (χ1v) is 4.77. The number of benzene rings is 1. The zero-order valence-electron chi connectivity index (χ0n) is 9.26. The van der Waals surface area contributed by atoms with Gasteiger partial charge in [0.15, 0.2) is 11.6 Å². The van der Waals surface area contributed by atoms with Gasteiger partial charge in [-0.25, -0.2) is 0 Å². The molecule has 0 bridgehead atoms. The average Bonchev–Trinajstić information content (AvgIpc) is 2.20.